The van der Waals surface area contributed by atoms with E-state index in [9.17, 15) is 4.39 Å². The fraction of sp³-hybridized carbons (Fsp3) is 0.571. The number of rotatable bonds is 3. The molecular weight excluding hydrogens is 297 g/mol. The van der Waals surface area contributed by atoms with Crippen molar-refractivity contribution in [2.24, 2.45) is 5.92 Å². The number of hydrogen-bond acceptors (Lipinski definition) is 2. The number of anilines is 1. The average Bonchev–Trinajstić information content (AvgIpc) is 2.36. The quantitative estimate of drug-likeness (QED) is 0.832. The third-order valence-electron chi connectivity index (χ3n) is 3.69. The molecule has 1 aromatic rings. The van der Waals surface area contributed by atoms with E-state index in [0.29, 0.717) is 21.8 Å². The Morgan fingerprint density at radius 3 is 2.83 bits per heavy atom. The summed E-state index contributed by atoms with van der Waals surface area (Å²) in [5, 5.41) is 0. The molecule has 1 aliphatic rings. The Kier molecular flexibility index (Phi) is 4.49. The lowest BCUT2D eigenvalue weighted by atomic mass is 9.85. The lowest BCUT2D eigenvalue weighted by Gasteiger charge is -2.31. The summed E-state index contributed by atoms with van der Waals surface area (Å²) in [6, 6.07) is 2.94. The van der Waals surface area contributed by atoms with Crippen molar-refractivity contribution in [3.05, 3.63) is 22.4 Å². The fourth-order valence-corrected chi connectivity index (χ4v) is 2.93. The molecule has 4 heteroatoms. The highest BCUT2D eigenvalue weighted by atomic mass is 79.9. The summed E-state index contributed by atoms with van der Waals surface area (Å²) in [7, 11) is 0. The normalized spacial score (nSPS) is 23.9. The molecule has 0 aromatic heterocycles. The van der Waals surface area contributed by atoms with Crippen LogP contribution in [0, 0.1) is 11.7 Å². The Bertz CT molecular complexity index is 425. The van der Waals surface area contributed by atoms with Gasteiger partial charge in [0, 0.05) is 6.07 Å². The molecule has 0 spiro atoms. The first-order chi connectivity index (χ1) is 8.61. The van der Waals surface area contributed by atoms with E-state index in [-0.39, 0.29) is 11.9 Å². The SMILES string of the molecule is CCC1CCCCC1Oc1cc(Br)c(F)cc1N. The minimum atomic E-state index is -0.351. The van der Waals surface area contributed by atoms with Crippen LogP contribution in [0.5, 0.6) is 5.75 Å². The summed E-state index contributed by atoms with van der Waals surface area (Å²) < 4.78 is 19.7. The summed E-state index contributed by atoms with van der Waals surface area (Å²) in [6.07, 6.45) is 6.08. The zero-order valence-electron chi connectivity index (χ0n) is 10.6. The van der Waals surface area contributed by atoms with Gasteiger partial charge in [-0.2, -0.15) is 0 Å². The highest BCUT2D eigenvalue weighted by molar-refractivity contribution is 9.10. The number of ether oxygens (including phenoxy) is 1. The second-order valence-corrected chi connectivity index (χ2v) is 5.77. The summed E-state index contributed by atoms with van der Waals surface area (Å²) >= 11 is 3.17. The molecule has 18 heavy (non-hydrogen) atoms. The van der Waals surface area contributed by atoms with E-state index in [1.54, 1.807) is 6.07 Å². The molecule has 0 radical (unpaired) electrons. The molecule has 100 valence electrons. The molecule has 1 aromatic carbocycles. The van der Waals surface area contributed by atoms with E-state index in [0.717, 1.165) is 12.8 Å². The number of halogens is 2. The van der Waals surface area contributed by atoms with Gasteiger partial charge in [0.05, 0.1) is 10.2 Å². The van der Waals surface area contributed by atoms with Crippen LogP contribution in [0.4, 0.5) is 10.1 Å². The first-order valence-electron chi connectivity index (χ1n) is 6.53. The van der Waals surface area contributed by atoms with Crippen LogP contribution in [0.25, 0.3) is 0 Å². The van der Waals surface area contributed by atoms with Gasteiger partial charge in [-0.3, -0.25) is 0 Å². The topological polar surface area (TPSA) is 35.2 Å². The van der Waals surface area contributed by atoms with Crippen LogP contribution in [0.2, 0.25) is 0 Å². The van der Waals surface area contributed by atoms with Gasteiger partial charge in [0.15, 0.2) is 0 Å². The van der Waals surface area contributed by atoms with Gasteiger partial charge in [-0.05, 0) is 53.6 Å². The number of hydrogen-bond donors (Lipinski definition) is 1. The highest BCUT2D eigenvalue weighted by Gasteiger charge is 2.26. The van der Waals surface area contributed by atoms with Gasteiger partial charge in [0.25, 0.3) is 0 Å². The zero-order chi connectivity index (χ0) is 13.1. The Hall–Kier alpha value is -0.770. The lowest BCUT2D eigenvalue weighted by molar-refractivity contribution is 0.0910. The molecular formula is C14H19BrFNO. The second kappa shape index (κ2) is 5.91. The Balaban J connectivity index is 2.15. The summed E-state index contributed by atoms with van der Waals surface area (Å²) in [6.45, 7) is 2.19. The Labute approximate surface area is 116 Å². The van der Waals surface area contributed by atoms with E-state index in [1.165, 1.54) is 25.3 Å². The molecule has 0 heterocycles. The van der Waals surface area contributed by atoms with Gasteiger partial charge in [0.2, 0.25) is 0 Å². The van der Waals surface area contributed by atoms with E-state index in [4.69, 9.17) is 10.5 Å². The van der Waals surface area contributed by atoms with Crippen molar-refractivity contribution in [2.45, 2.75) is 45.1 Å². The third-order valence-corrected chi connectivity index (χ3v) is 4.30. The molecule has 2 nitrogen and oxygen atoms in total. The highest BCUT2D eigenvalue weighted by Crippen LogP contribution is 2.34. The van der Waals surface area contributed by atoms with Crippen molar-refractivity contribution in [1.82, 2.24) is 0 Å². The molecule has 0 aliphatic heterocycles. The van der Waals surface area contributed by atoms with Gasteiger partial charge < -0.3 is 10.5 Å². The van der Waals surface area contributed by atoms with Crippen LogP contribution in [0.15, 0.2) is 16.6 Å². The van der Waals surface area contributed by atoms with Gasteiger partial charge >= 0.3 is 0 Å². The summed E-state index contributed by atoms with van der Waals surface area (Å²) in [5.41, 5.74) is 6.18. The van der Waals surface area contributed by atoms with Crippen molar-refractivity contribution in [2.75, 3.05) is 5.73 Å². The smallest absolute Gasteiger partial charge is 0.143 e. The van der Waals surface area contributed by atoms with Crippen LogP contribution in [-0.4, -0.2) is 6.10 Å². The van der Waals surface area contributed by atoms with Gasteiger partial charge in [-0.25, -0.2) is 4.39 Å². The van der Waals surface area contributed by atoms with E-state index < -0.39 is 0 Å². The van der Waals surface area contributed by atoms with E-state index in [2.05, 4.69) is 22.9 Å². The van der Waals surface area contributed by atoms with Gasteiger partial charge in [0.1, 0.15) is 17.7 Å². The minimum Gasteiger partial charge on any atom is -0.488 e. The van der Waals surface area contributed by atoms with Crippen LogP contribution in [0.1, 0.15) is 39.0 Å². The number of nitrogens with two attached hydrogens (primary N) is 1. The van der Waals surface area contributed by atoms with Crippen molar-refractivity contribution >= 4 is 21.6 Å². The van der Waals surface area contributed by atoms with Crippen molar-refractivity contribution < 1.29 is 9.13 Å². The molecule has 1 saturated carbocycles. The monoisotopic (exact) mass is 315 g/mol. The largest absolute Gasteiger partial charge is 0.488 e. The summed E-state index contributed by atoms with van der Waals surface area (Å²) in [4.78, 5) is 0. The minimum absolute atomic E-state index is 0.211. The van der Waals surface area contributed by atoms with Gasteiger partial charge in [-0.1, -0.05) is 13.3 Å². The Morgan fingerprint density at radius 2 is 2.11 bits per heavy atom. The van der Waals surface area contributed by atoms with Crippen LogP contribution in [0.3, 0.4) is 0 Å². The second-order valence-electron chi connectivity index (χ2n) is 4.91. The van der Waals surface area contributed by atoms with Crippen LogP contribution < -0.4 is 10.5 Å². The standard InChI is InChI=1S/C14H19BrFNO/c1-2-9-5-3-4-6-13(9)18-14-7-10(15)11(16)8-12(14)17/h7-9,13H,2-6,17H2,1H3. The maximum absolute atomic E-state index is 13.3. The predicted octanol–water partition coefficient (Wildman–Crippen LogP) is 4.52. The molecule has 0 amide bonds. The van der Waals surface area contributed by atoms with Crippen molar-refractivity contribution in [3.8, 4) is 5.75 Å². The summed E-state index contributed by atoms with van der Waals surface area (Å²) in [5.74, 6) is 0.825. The van der Waals surface area contributed by atoms with Crippen LogP contribution >= 0.6 is 15.9 Å². The van der Waals surface area contributed by atoms with Crippen LogP contribution in [-0.2, 0) is 0 Å². The predicted molar refractivity (Wildman–Crippen MR) is 75.2 cm³/mol. The van der Waals surface area contributed by atoms with Crippen molar-refractivity contribution in [3.63, 3.8) is 0 Å². The number of benzene rings is 1. The molecule has 1 fully saturated rings. The molecule has 2 N–H and O–H groups in total. The third kappa shape index (κ3) is 2.97. The molecule has 2 unspecified atom stereocenters. The molecule has 0 saturated heterocycles. The first kappa shape index (κ1) is 13.7. The van der Waals surface area contributed by atoms with E-state index in [1.807, 2.05) is 0 Å². The molecule has 2 atom stereocenters. The molecule has 1 aliphatic carbocycles. The average molecular weight is 316 g/mol. The fourth-order valence-electron chi connectivity index (χ4n) is 2.60. The molecule has 2 rings (SSSR count). The number of nitrogen functional groups attached to an aromatic ring is 1. The Morgan fingerprint density at radius 1 is 1.39 bits per heavy atom. The van der Waals surface area contributed by atoms with Crippen molar-refractivity contribution in [1.29, 1.82) is 0 Å². The maximum Gasteiger partial charge on any atom is 0.143 e. The molecule has 0 bridgehead atoms. The maximum atomic E-state index is 13.3. The zero-order valence-corrected chi connectivity index (χ0v) is 12.2. The van der Waals surface area contributed by atoms with E-state index >= 15 is 0 Å². The lowest BCUT2D eigenvalue weighted by Crippen LogP contribution is -2.30. The first-order valence-corrected chi connectivity index (χ1v) is 7.32. The van der Waals surface area contributed by atoms with Gasteiger partial charge in [-0.15, -0.1) is 0 Å².